The monoisotopic (exact) mass is 433 g/mol. The summed E-state index contributed by atoms with van der Waals surface area (Å²) in [5, 5.41) is 0. The van der Waals surface area contributed by atoms with Gasteiger partial charge in [0.05, 0.1) is 40.4 Å². The molecule has 3 aromatic carbocycles. The molecule has 1 amide bonds. The SMILES string of the molecule is CCOc1ccc([C@@H]2c3cc(OC)c(OC)cc3CC(=O)N2c2ccc(OC)cc2)cc1. The fourth-order valence-corrected chi connectivity index (χ4v) is 4.15. The molecule has 0 fully saturated rings. The van der Waals surface area contributed by atoms with Gasteiger partial charge in [0.25, 0.3) is 0 Å². The van der Waals surface area contributed by atoms with Crippen LogP contribution in [0.2, 0.25) is 0 Å². The number of amides is 1. The third kappa shape index (κ3) is 3.96. The first-order chi connectivity index (χ1) is 15.6. The van der Waals surface area contributed by atoms with Crippen molar-refractivity contribution in [2.75, 3.05) is 32.8 Å². The van der Waals surface area contributed by atoms with E-state index >= 15 is 0 Å². The van der Waals surface area contributed by atoms with E-state index in [1.165, 1.54) is 0 Å². The van der Waals surface area contributed by atoms with E-state index < -0.39 is 0 Å². The van der Waals surface area contributed by atoms with Gasteiger partial charge in [-0.25, -0.2) is 0 Å². The molecular formula is C26H27NO5. The van der Waals surface area contributed by atoms with E-state index in [4.69, 9.17) is 18.9 Å². The molecule has 1 aliphatic heterocycles. The first kappa shape index (κ1) is 21.6. The lowest BCUT2D eigenvalue weighted by molar-refractivity contribution is -0.118. The topological polar surface area (TPSA) is 57.2 Å². The van der Waals surface area contributed by atoms with Crippen LogP contribution in [0.25, 0.3) is 0 Å². The predicted octanol–water partition coefficient (Wildman–Crippen LogP) is 4.79. The van der Waals surface area contributed by atoms with Crippen LogP contribution in [0, 0.1) is 0 Å². The van der Waals surface area contributed by atoms with Crippen molar-refractivity contribution in [3.05, 3.63) is 77.4 Å². The maximum Gasteiger partial charge on any atom is 0.232 e. The second-order valence-corrected chi connectivity index (χ2v) is 7.45. The molecule has 0 N–H and O–H groups in total. The zero-order chi connectivity index (χ0) is 22.7. The smallest absolute Gasteiger partial charge is 0.232 e. The average Bonchev–Trinajstić information content (AvgIpc) is 2.83. The third-order valence-electron chi connectivity index (χ3n) is 5.67. The van der Waals surface area contributed by atoms with Crippen LogP contribution in [0.5, 0.6) is 23.0 Å². The Bertz CT molecular complexity index is 1090. The van der Waals surface area contributed by atoms with Crippen LogP contribution in [-0.4, -0.2) is 33.8 Å². The maximum absolute atomic E-state index is 13.4. The molecule has 4 rings (SSSR count). The first-order valence-corrected chi connectivity index (χ1v) is 10.5. The van der Waals surface area contributed by atoms with Gasteiger partial charge in [0, 0.05) is 5.69 Å². The van der Waals surface area contributed by atoms with Gasteiger partial charge in [-0.05, 0) is 72.1 Å². The lowest BCUT2D eigenvalue weighted by Gasteiger charge is -2.38. The summed E-state index contributed by atoms with van der Waals surface area (Å²) in [6, 6.07) is 19.0. The molecule has 0 aliphatic carbocycles. The number of rotatable bonds is 7. The third-order valence-corrected chi connectivity index (χ3v) is 5.67. The van der Waals surface area contributed by atoms with Gasteiger partial charge in [-0.1, -0.05) is 12.1 Å². The van der Waals surface area contributed by atoms with E-state index in [9.17, 15) is 4.79 Å². The number of carbonyl (C=O) groups excluding carboxylic acids is 1. The largest absolute Gasteiger partial charge is 0.497 e. The van der Waals surface area contributed by atoms with Gasteiger partial charge in [0.2, 0.25) is 5.91 Å². The summed E-state index contributed by atoms with van der Waals surface area (Å²) in [6.45, 7) is 2.55. The van der Waals surface area contributed by atoms with Crippen LogP contribution >= 0.6 is 0 Å². The number of anilines is 1. The molecule has 0 spiro atoms. The number of benzene rings is 3. The van der Waals surface area contributed by atoms with Gasteiger partial charge in [0.1, 0.15) is 11.5 Å². The molecule has 0 saturated carbocycles. The Morgan fingerprint density at radius 1 is 0.844 bits per heavy atom. The highest BCUT2D eigenvalue weighted by Gasteiger charge is 2.36. The van der Waals surface area contributed by atoms with Crippen LogP contribution in [0.15, 0.2) is 60.7 Å². The van der Waals surface area contributed by atoms with Gasteiger partial charge in [-0.2, -0.15) is 0 Å². The number of ether oxygens (including phenoxy) is 4. The van der Waals surface area contributed by atoms with Gasteiger partial charge in [0.15, 0.2) is 11.5 Å². The maximum atomic E-state index is 13.4. The number of hydrogen-bond acceptors (Lipinski definition) is 5. The van der Waals surface area contributed by atoms with Crippen molar-refractivity contribution < 1.29 is 23.7 Å². The van der Waals surface area contributed by atoms with Crippen LogP contribution in [-0.2, 0) is 11.2 Å². The second kappa shape index (κ2) is 9.22. The molecule has 6 nitrogen and oxygen atoms in total. The van der Waals surface area contributed by atoms with Crippen molar-refractivity contribution in [1.82, 2.24) is 0 Å². The minimum atomic E-state index is -0.324. The fourth-order valence-electron chi connectivity index (χ4n) is 4.15. The van der Waals surface area contributed by atoms with Crippen molar-refractivity contribution in [3.63, 3.8) is 0 Å². The van der Waals surface area contributed by atoms with Crippen molar-refractivity contribution in [2.24, 2.45) is 0 Å². The van der Waals surface area contributed by atoms with Gasteiger partial charge in [-0.3, -0.25) is 4.79 Å². The zero-order valence-electron chi connectivity index (χ0n) is 18.8. The number of nitrogens with zero attached hydrogens (tertiary/aromatic N) is 1. The first-order valence-electron chi connectivity index (χ1n) is 10.5. The molecule has 6 heteroatoms. The predicted molar refractivity (Wildman–Crippen MR) is 123 cm³/mol. The molecule has 0 unspecified atom stereocenters. The van der Waals surface area contributed by atoms with E-state index in [2.05, 4.69) is 0 Å². The molecule has 1 aliphatic rings. The molecule has 1 atom stereocenters. The van der Waals surface area contributed by atoms with Crippen molar-refractivity contribution in [3.8, 4) is 23.0 Å². The summed E-state index contributed by atoms with van der Waals surface area (Å²) in [5.41, 5.74) is 3.71. The normalized spacial score (nSPS) is 15.2. The lowest BCUT2D eigenvalue weighted by atomic mass is 9.86. The molecule has 1 heterocycles. The van der Waals surface area contributed by atoms with Crippen LogP contribution in [0.1, 0.15) is 29.7 Å². The molecule has 0 bridgehead atoms. The highest BCUT2D eigenvalue weighted by atomic mass is 16.5. The van der Waals surface area contributed by atoms with Crippen molar-refractivity contribution in [1.29, 1.82) is 0 Å². The molecule has 0 saturated heterocycles. The number of fused-ring (bicyclic) bond motifs is 1. The van der Waals surface area contributed by atoms with Crippen molar-refractivity contribution in [2.45, 2.75) is 19.4 Å². The Hall–Kier alpha value is -3.67. The summed E-state index contributed by atoms with van der Waals surface area (Å²) in [4.78, 5) is 15.3. The minimum absolute atomic E-state index is 0.00812. The summed E-state index contributed by atoms with van der Waals surface area (Å²) in [7, 11) is 4.84. The molecule has 32 heavy (non-hydrogen) atoms. The highest BCUT2D eigenvalue weighted by molar-refractivity contribution is 5.98. The van der Waals surface area contributed by atoms with E-state index in [0.29, 0.717) is 18.1 Å². The Balaban J connectivity index is 1.88. The second-order valence-electron chi connectivity index (χ2n) is 7.45. The van der Waals surface area contributed by atoms with Gasteiger partial charge in [-0.15, -0.1) is 0 Å². The summed E-state index contributed by atoms with van der Waals surface area (Å²) in [6.07, 6.45) is 0.273. The fraction of sp³-hybridized carbons (Fsp3) is 0.269. The minimum Gasteiger partial charge on any atom is -0.497 e. The summed E-state index contributed by atoms with van der Waals surface area (Å²) < 4.78 is 22.0. The number of carbonyl (C=O) groups is 1. The molecular weight excluding hydrogens is 406 g/mol. The van der Waals surface area contributed by atoms with E-state index in [1.807, 2.05) is 72.5 Å². The Morgan fingerprint density at radius 3 is 2.06 bits per heavy atom. The number of hydrogen-bond donors (Lipinski definition) is 0. The molecule has 166 valence electrons. The Labute approximate surface area is 188 Å². The van der Waals surface area contributed by atoms with Crippen molar-refractivity contribution >= 4 is 11.6 Å². The quantitative estimate of drug-likeness (QED) is 0.536. The van der Waals surface area contributed by atoms with Crippen LogP contribution in [0.4, 0.5) is 5.69 Å². The van der Waals surface area contributed by atoms with Gasteiger partial charge >= 0.3 is 0 Å². The van der Waals surface area contributed by atoms with E-state index in [1.54, 1.807) is 21.3 Å². The lowest BCUT2D eigenvalue weighted by Crippen LogP contribution is -2.41. The Morgan fingerprint density at radius 2 is 1.47 bits per heavy atom. The van der Waals surface area contributed by atoms with Crippen LogP contribution in [0.3, 0.4) is 0 Å². The molecule has 0 aromatic heterocycles. The highest BCUT2D eigenvalue weighted by Crippen LogP contribution is 2.43. The molecule has 3 aromatic rings. The van der Waals surface area contributed by atoms with Gasteiger partial charge < -0.3 is 23.8 Å². The Kier molecular flexibility index (Phi) is 6.21. The summed E-state index contributed by atoms with van der Waals surface area (Å²) in [5.74, 6) is 2.78. The summed E-state index contributed by atoms with van der Waals surface area (Å²) >= 11 is 0. The van der Waals surface area contributed by atoms with E-state index in [-0.39, 0.29) is 18.4 Å². The van der Waals surface area contributed by atoms with E-state index in [0.717, 1.165) is 33.9 Å². The standard InChI is InChI=1S/C26H27NO5/c1-5-32-21-10-6-17(7-11-21)26-22-16-24(31-4)23(30-3)14-18(22)15-25(28)27(26)19-8-12-20(29-2)13-9-19/h6-14,16,26H,5,15H2,1-4H3/t26-/m1/s1. The number of methoxy groups -OCH3 is 3. The average molecular weight is 434 g/mol. The van der Waals surface area contributed by atoms with Crippen LogP contribution < -0.4 is 23.8 Å². The zero-order valence-corrected chi connectivity index (χ0v) is 18.8. The molecule has 0 radical (unpaired) electrons.